The highest BCUT2D eigenvalue weighted by Gasteiger charge is 2.31. The number of rotatable bonds is 7. The van der Waals surface area contributed by atoms with Crippen molar-refractivity contribution in [3.05, 3.63) is 60.6 Å². The van der Waals surface area contributed by atoms with Gasteiger partial charge in [0.05, 0.1) is 24.4 Å². The molecule has 0 atom stereocenters. The molecule has 1 aliphatic rings. The molecule has 0 bridgehead atoms. The number of benzene rings is 2. The van der Waals surface area contributed by atoms with E-state index in [1.165, 1.54) is 25.6 Å². The molecule has 2 amide bonds. The van der Waals surface area contributed by atoms with Crippen LogP contribution in [-0.4, -0.2) is 67.1 Å². The molecule has 208 valence electrons. The van der Waals surface area contributed by atoms with Crippen LogP contribution in [0.15, 0.2) is 59.5 Å². The van der Waals surface area contributed by atoms with Crippen LogP contribution in [0.2, 0.25) is 0 Å². The van der Waals surface area contributed by atoms with Crippen LogP contribution in [0.25, 0.3) is 11.3 Å². The Labute approximate surface area is 223 Å². The van der Waals surface area contributed by atoms with Gasteiger partial charge >= 0.3 is 18.0 Å². The number of nitrogens with one attached hydrogen (secondary N) is 2. The van der Waals surface area contributed by atoms with Gasteiger partial charge in [-0.15, -0.1) is 0 Å². The summed E-state index contributed by atoms with van der Waals surface area (Å²) in [6.45, 7) is 6.72. The summed E-state index contributed by atoms with van der Waals surface area (Å²) in [6, 6.07) is 10.1. The number of alkyl halides is 3. The number of ether oxygens (including phenoxy) is 1. The monoisotopic (exact) mass is 545 g/mol. The Kier molecular flexibility index (Phi) is 8.14. The first kappa shape index (κ1) is 28.0. The van der Waals surface area contributed by atoms with Crippen molar-refractivity contribution in [1.82, 2.24) is 15.2 Å². The number of aromatic nitrogens is 1. The standard InChI is InChI=1S/C27H30F3N5O4/c1-26(2,16-34-10-12-35(13-11-34)20-7-4-18(5-8-20)27(28,29)30)33-25(37)24(36)32-19-6-9-21(22(14-19)38-3)23-15-31-17-39-23/h4-9,14-15,17H,10-13,16H2,1-3H3,(H,32,36)(H,33,37). The smallest absolute Gasteiger partial charge is 0.416 e. The molecule has 2 aromatic carbocycles. The molecular weight excluding hydrogens is 515 g/mol. The van der Waals surface area contributed by atoms with Crippen LogP contribution in [0.5, 0.6) is 5.75 Å². The Morgan fingerprint density at radius 2 is 1.72 bits per heavy atom. The lowest BCUT2D eigenvalue weighted by Gasteiger charge is -2.40. The molecule has 39 heavy (non-hydrogen) atoms. The second-order valence-electron chi connectivity index (χ2n) is 9.88. The number of piperazine rings is 1. The van der Waals surface area contributed by atoms with Gasteiger partial charge in [-0.25, -0.2) is 4.98 Å². The van der Waals surface area contributed by atoms with Gasteiger partial charge in [-0.3, -0.25) is 14.5 Å². The minimum atomic E-state index is -4.36. The maximum absolute atomic E-state index is 12.8. The normalized spacial score (nSPS) is 14.7. The van der Waals surface area contributed by atoms with Crippen molar-refractivity contribution >= 4 is 23.2 Å². The SMILES string of the molecule is COc1cc(NC(=O)C(=O)NC(C)(C)CN2CCN(c3ccc(C(F)(F)F)cc3)CC2)ccc1-c1cnco1. The summed E-state index contributed by atoms with van der Waals surface area (Å²) in [7, 11) is 1.49. The van der Waals surface area contributed by atoms with Gasteiger partial charge < -0.3 is 24.7 Å². The van der Waals surface area contributed by atoms with Crippen molar-refractivity contribution in [2.45, 2.75) is 25.6 Å². The van der Waals surface area contributed by atoms with Crippen LogP contribution < -0.4 is 20.3 Å². The number of carbonyl (C=O) groups excluding carboxylic acids is 2. The minimum Gasteiger partial charge on any atom is -0.496 e. The minimum absolute atomic E-state index is 0.382. The Balaban J connectivity index is 1.28. The first-order valence-corrected chi connectivity index (χ1v) is 12.3. The van der Waals surface area contributed by atoms with Gasteiger partial charge in [-0.2, -0.15) is 13.2 Å². The number of amides is 2. The predicted octanol–water partition coefficient (Wildman–Crippen LogP) is 4.02. The summed E-state index contributed by atoms with van der Waals surface area (Å²) in [4.78, 5) is 33.3. The van der Waals surface area contributed by atoms with E-state index in [1.54, 1.807) is 24.4 Å². The van der Waals surface area contributed by atoms with Crippen molar-refractivity contribution in [2.24, 2.45) is 0 Å². The first-order chi connectivity index (χ1) is 18.4. The summed E-state index contributed by atoms with van der Waals surface area (Å²) < 4.78 is 49.2. The lowest BCUT2D eigenvalue weighted by molar-refractivity contribution is -0.137. The van der Waals surface area contributed by atoms with Gasteiger partial charge in [0, 0.05) is 55.7 Å². The van der Waals surface area contributed by atoms with Crippen LogP contribution in [0.4, 0.5) is 24.5 Å². The van der Waals surface area contributed by atoms with Crippen molar-refractivity contribution in [1.29, 1.82) is 0 Å². The number of methoxy groups -OCH3 is 1. The molecule has 12 heteroatoms. The molecule has 0 unspecified atom stereocenters. The number of carbonyl (C=O) groups is 2. The number of anilines is 2. The van der Waals surface area contributed by atoms with Gasteiger partial charge in [0.15, 0.2) is 12.2 Å². The van der Waals surface area contributed by atoms with E-state index < -0.39 is 29.1 Å². The highest BCUT2D eigenvalue weighted by molar-refractivity contribution is 6.39. The van der Waals surface area contributed by atoms with Crippen LogP contribution in [0.3, 0.4) is 0 Å². The zero-order chi connectivity index (χ0) is 28.2. The van der Waals surface area contributed by atoms with Crippen molar-refractivity contribution < 1.29 is 31.9 Å². The third-order valence-corrected chi connectivity index (χ3v) is 6.37. The molecule has 4 rings (SSSR count). The van der Waals surface area contributed by atoms with Crippen LogP contribution in [0.1, 0.15) is 19.4 Å². The van der Waals surface area contributed by atoms with Gasteiger partial charge in [-0.05, 0) is 50.2 Å². The van der Waals surface area contributed by atoms with Crippen molar-refractivity contribution in [3.8, 4) is 17.1 Å². The van der Waals surface area contributed by atoms with E-state index in [1.807, 2.05) is 18.7 Å². The number of halogens is 3. The highest BCUT2D eigenvalue weighted by Crippen LogP contribution is 2.32. The van der Waals surface area contributed by atoms with Gasteiger partial charge in [0.1, 0.15) is 5.75 Å². The molecular formula is C27H30F3N5O4. The molecule has 2 N–H and O–H groups in total. The second kappa shape index (κ2) is 11.4. The summed E-state index contributed by atoms with van der Waals surface area (Å²) >= 11 is 0. The van der Waals surface area contributed by atoms with Crippen molar-refractivity contribution in [2.75, 3.05) is 50.1 Å². The van der Waals surface area contributed by atoms with E-state index in [-0.39, 0.29) is 0 Å². The number of oxazole rings is 1. The molecule has 1 aliphatic heterocycles. The lowest BCUT2D eigenvalue weighted by Crippen LogP contribution is -2.57. The van der Waals surface area contributed by atoms with E-state index in [9.17, 15) is 22.8 Å². The fourth-order valence-corrected chi connectivity index (χ4v) is 4.50. The van der Waals surface area contributed by atoms with E-state index in [0.29, 0.717) is 55.5 Å². The molecule has 0 radical (unpaired) electrons. The van der Waals surface area contributed by atoms with Crippen LogP contribution in [0, 0.1) is 0 Å². The topological polar surface area (TPSA) is 99.9 Å². The second-order valence-corrected chi connectivity index (χ2v) is 9.88. The Morgan fingerprint density at radius 1 is 1.03 bits per heavy atom. The number of hydrogen-bond acceptors (Lipinski definition) is 7. The van der Waals surface area contributed by atoms with E-state index >= 15 is 0 Å². The van der Waals surface area contributed by atoms with E-state index in [0.717, 1.165) is 17.8 Å². The molecule has 2 heterocycles. The molecule has 0 spiro atoms. The third kappa shape index (κ3) is 7.08. The summed E-state index contributed by atoms with van der Waals surface area (Å²) in [5, 5.41) is 5.37. The fraction of sp³-hybridized carbons (Fsp3) is 0.370. The summed E-state index contributed by atoms with van der Waals surface area (Å²) in [5.41, 5.74) is 0.384. The number of hydrogen-bond donors (Lipinski definition) is 2. The van der Waals surface area contributed by atoms with Gasteiger partial charge in [-0.1, -0.05) is 0 Å². The Hall–Kier alpha value is -4.06. The average Bonchev–Trinajstić information content (AvgIpc) is 3.43. The predicted molar refractivity (Wildman–Crippen MR) is 139 cm³/mol. The van der Waals surface area contributed by atoms with Crippen LogP contribution >= 0.6 is 0 Å². The Bertz CT molecular complexity index is 1290. The molecule has 0 aliphatic carbocycles. The average molecular weight is 546 g/mol. The van der Waals surface area contributed by atoms with Crippen LogP contribution in [-0.2, 0) is 15.8 Å². The van der Waals surface area contributed by atoms with E-state index in [2.05, 4.69) is 20.5 Å². The fourth-order valence-electron chi connectivity index (χ4n) is 4.50. The molecule has 3 aromatic rings. The maximum atomic E-state index is 12.8. The highest BCUT2D eigenvalue weighted by atomic mass is 19.4. The zero-order valence-electron chi connectivity index (χ0n) is 21.8. The summed E-state index contributed by atoms with van der Waals surface area (Å²) in [5.74, 6) is -0.642. The molecule has 1 aromatic heterocycles. The summed E-state index contributed by atoms with van der Waals surface area (Å²) in [6.07, 6.45) is -1.52. The Morgan fingerprint density at radius 3 is 2.31 bits per heavy atom. The molecule has 0 saturated carbocycles. The molecule has 1 fully saturated rings. The van der Waals surface area contributed by atoms with E-state index in [4.69, 9.17) is 9.15 Å². The maximum Gasteiger partial charge on any atom is 0.416 e. The molecule has 1 saturated heterocycles. The van der Waals surface area contributed by atoms with Gasteiger partial charge in [0.2, 0.25) is 0 Å². The lowest BCUT2D eigenvalue weighted by atomic mass is 10.0. The quantitative estimate of drug-likeness (QED) is 0.433. The molecule has 9 nitrogen and oxygen atoms in total. The van der Waals surface area contributed by atoms with Gasteiger partial charge in [0.25, 0.3) is 0 Å². The largest absolute Gasteiger partial charge is 0.496 e. The zero-order valence-corrected chi connectivity index (χ0v) is 21.8. The number of nitrogens with zero attached hydrogens (tertiary/aromatic N) is 3. The third-order valence-electron chi connectivity index (χ3n) is 6.37. The first-order valence-electron chi connectivity index (χ1n) is 12.3. The van der Waals surface area contributed by atoms with Crippen molar-refractivity contribution in [3.63, 3.8) is 0 Å².